The van der Waals surface area contributed by atoms with E-state index in [1.165, 1.54) is 35.4 Å². The molecule has 2 aromatic heterocycles. The third kappa shape index (κ3) is 7.56. The number of hydrogen-bond acceptors (Lipinski definition) is 6. The van der Waals surface area contributed by atoms with E-state index < -0.39 is 36.8 Å². The summed E-state index contributed by atoms with van der Waals surface area (Å²) in [5, 5.41) is 0.331. The molecular formula is C31H26F5N3O4. The lowest BCUT2D eigenvalue weighted by Gasteiger charge is -2.31. The molecule has 0 bridgehead atoms. The van der Waals surface area contributed by atoms with Crippen molar-refractivity contribution in [1.82, 2.24) is 9.88 Å². The summed E-state index contributed by atoms with van der Waals surface area (Å²) in [4.78, 5) is 30.4. The zero-order chi connectivity index (χ0) is 30.8. The Bertz CT molecular complexity index is 1650. The number of fused-ring (bicyclic) bond motifs is 1. The number of halogens is 5. The first-order valence-electron chi connectivity index (χ1n) is 13.4. The summed E-state index contributed by atoms with van der Waals surface area (Å²) in [6.45, 7) is -0.125. The largest absolute Gasteiger partial charge is 0.573 e. The van der Waals surface area contributed by atoms with Gasteiger partial charge in [-0.15, -0.1) is 13.2 Å². The second kappa shape index (κ2) is 11.9. The molecule has 1 fully saturated rings. The third-order valence-corrected chi connectivity index (χ3v) is 6.99. The molecule has 224 valence electrons. The fourth-order valence-corrected chi connectivity index (χ4v) is 4.72. The molecule has 0 saturated carbocycles. The number of amides is 1. The average molecular weight is 600 g/mol. The Morgan fingerprint density at radius 2 is 1.74 bits per heavy atom. The van der Waals surface area contributed by atoms with Crippen LogP contribution in [0.25, 0.3) is 28.2 Å². The zero-order valence-corrected chi connectivity index (χ0v) is 22.7. The minimum Gasteiger partial charge on any atom is -0.457 e. The molecule has 0 spiro atoms. The van der Waals surface area contributed by atoms with Crippen LogP contribution >= 0.6 is 0 Å². The van der Waals surface area contributed by atoms with Gasteiger partial charge in [-0.05, 0) is 71.3 Å². The molecule has 43 heavy (non-hydrogen) atoms. The van der Waals surface area contributed by atoms with Crippen LogP contribution in [0.3, 0.4) is 0 Å². The molecule has 2 aromatic carbocycles. The number of ether oxygens (including phenoxy) is 1. The van der Waals surface area contributed by atoms with Crippen LogP contribution in [0, 0.1) is 0 Å². The quantitative estimate of drug-likeness (QED) is 0.172. The van der Waals surface area contributed by atoms with Gasteiger partial charge in [0.15, 0.2) is 17.1 Å². The number of ketones is 1. The smallest absolute Gasteiger partial charge is 0.457 e. The van der Waals surface area contributed by atoms with Gasteiger partial charge in [0.1, 0.15) is 11.6 Å². The van der Waals surface area contributed by atoms with Crippen LogP contribution in [-0.2, 0) is 11.2 Å². The molecule has 7 nitrogen and oxygen atoms in total. The first-order chi connectivity index (χ1) is 20.3. The first-order valence-corrected chi connectivity index (χ1v) is 13.4. The Balaban J connectivity index is 1.33. The number of benzene rings is 2. The Labute approximate surface area is 242 Å². The zero-order valence-electron chi connectivity index (χ0n) is 22.7. The van der Waals surface area contributed by atoms with Crippen molar-refractivity contribution < 1.29 is 40.7 Å². The molecule has 3 heterocycles. The number of pyridine rings is 1. The normalized spacial score (nSPS) is 15.2. The number of nitrogens with two attached hydrogens (primary N) is 1. The van der Waals surface area contributed by atoms with Crippen LogP contribution in [0.1, 0.15) is 40.9 Å². The summed E-state index contributed by atoms with van der Waals surface area (Å²) in [7, 11) is 0. The number of nitrogen functional groups attached to an aromatic ring is 1. The van der Waals surface area contributed by atoms with E-state index in [1.54, 1.807) is 42.5 Å². The number of alkyl halides is 5. The topological polar surface area (TPSA) is 98.7 Å². The van der Waals surface area contributed by atoms with Crippen molar-refractivity contribution in [3.05, 3.63) is 83.8 Å². The lowest BCUT2D eigenvalue weighted by atomic mass is 10.0. The number of likely N-dealkylation sites (tertiary alicyclic amines) is 1. The molecule has 0 aliphatic carbocycles. The Kier molecular flexibility index (Phi) is 8.21. The summed E-state index contributed by atoms with van der Waals surface area (Å²) in [6, 6.07) is 13.8. The third-order valence-electron chi connectivity index (χ3n) is 6.99. The summed E-state index contributed by atoms with van der Waals surface area (Å²) in [5.74, 6) is -3.32. The van der Waals surface area contributed by atoms with Crippen molar-refractivity contribution in [2.75, 3.05) is 18.8 Å². The fraction of sp³-hybridized carbons (Fsp3) is 0.258. The minimum absolute atomic E-state index is 0.0468. The van der Waals surface area contributed by atoms with Gasteiger partial charge in [0, 0.05) is 55.9 Å². The number of aryl methyl sites for hydroxylation is 1. The number of allylic oxidation sites excluding steroid dienone is 1. The average Bonchev–Trinajstić information content (AvgIpc) is 3.38. The van der Waals surface area contributed by atoms with Crippen molar-refractivity contribution in [2.24, 2.45) is 0 Å². The second-order valence-corrected chi connectivity index (χ2v) is 10.2. The number of aromatic nitrogens is 1. The maximum Gasteiger partial charge on any atom is 0.573 e. The second-order valence-electron chi connectivity index (χ2n) is 10.2. The highest BCUT2D eigenvalue weighted by atomic mass is 19.4. The number of anilines is 1. The molecule has 1 aliphatic rings. The van der Waals surface area contributed by atoms with E-state index in [2.05, 4.69) is 9.72 Å². The number of carbonyl (C=O) groups is 2. The van der Waals surface area contributed by atoms with Crippen LogP contribution < -0.4 is 10.5 Å². The van der Waals surface area contributed by atoms with Crippen LogP contribution in [0.15, 0.2) is 71.3 Å². The maximum absolute atomic E-state index is 13.5. The number of nitrogens with zero attached hydrogens (tertiary/aromatic N) is 2. The Hall–Kier alpha value is -4.74. The Morgan fingerprint density at radius 1 is 1.02 bits per heavy atom. The summed E-state index contributed by atoms with van der Waals surface area (Å²) in [6.07, 6.45) is -1.14. The number of furan rings is 1. The molecule has 1 saturated heterocycles. The van der Waals surface area contributed by atoms with Gasteiger partial charge < -0.3 is 19.8 Å². The molecule has 2 N–H and O–H groups in total. The lowest BCUT2D eigenvalue weighted by molar-refractivity contribution is -0.274. The van der Waals surface area contributed by atoms with Gasteiger partial charge in [-0.3, -0.25) is 9.59 Å². The summed E-state index contributed by atoms with van der Waals surface area (Å²) < 4.78 is 76.6. The molecule has 5 rings (SSSR count). The molecule has 0 radical (unpaired) electrons. The van der Waals surface area contributed by atoms with Gasteiger partial charge in [0.05, 0.1) is 0 Å². The highest BCUT2D eigenvalue weighted by Crippen LogP contribution is 2.38. The van der Waals surface area contributed by atoms with E-state index in [-0.39, 0.29) is 42.9 Å². The minimum atomic E-state index is -4.99. The predicted molar refractivity (Wildman–Crippen MR) is 149 cm³/mol. The highest BCUT2D eigenvalue weighted by molar-refractivity contribution is 5.96. The molecule has 1 aliphatic heterocycles. The molecule has 1 amide bonds. The van der Waals surface area contributed by atoms with E-state index in [9.17, 15) is 31.5 Å². The predicted octanol–water partition coefficient (Wildman–Crippen LogP) is 7.06. The van der Waals surface area contributed by atoms with E-state index in [1.807, 2.05) is 0 Å². The van der Waals surface area contributed by atoms with Gasteiger partial charge in [0.25, 0.3) is 11.8 Å². The number of rotatable bonds is 8. The van der Waals surface area contributed by atoms with Crippen molar-refractivity contribution >= 4 is 34.6 Å². The summed E-state index contributed by atoms with van der Waals surface area (Å²) >= 11 is 0. The molecular weight excluding hydrogens is 573 g/mol. The van der Waals surface area contributed by atoms with E-state index in [4.69, 9.17) is 10.2 Å². The summed E-state index contributed by atoms with van der Waals surface area (Å²) in [5.41, 5.74) is 7.24. The van der Waals surface area contributed by atoms with Gasteiger partial charge in [0.2, 0.25) is 0 Å². The first kappa shape index (κ1) is 29.7. The van der Waals surface area contributed by atoms with Crippen molar-refractivity contribution in [2.45, 2.75) is 38.0 Å². The highest BCUT2D eigenvalue weighted by Gasteiger charge is 2.36. The van der Waals surface area contributed by atoms with E-state index in [0.29, 0.717) is 33.7 Å². The van der Waals surface area contributed by atoms with Crippen LogP contribution in [0.2, 0.25) is 0 Å². The molecule has 4 aromatic rings. The SMILES string of the molecule is Nc1ccc(/C=C/C(=O)CCc2cc3cc(-c4ccc(C(=O)N5CCC(F)(F)CC5)cc4)cc(OC(F)(F)F)c3o2)cn1. The molecule has 0 unspecified atom stereocenters. The number of carbonyl (C=O) groups excluding carboxylic acids is 2. The molecule has 0 atom stereocenters. The van der Waals surface area contributed by atoms with Crippen LogP contribution in [0.4, 0.5) is 27.8 Å². The van der Waals surface area contributed by atoms with Gasteiger partial charge in [-0.2, -0.15) is 0 Å². The standard InChI is InChI=1S/C31H26F5N3O4/c32-30(33)11-13-39(14-12-30)29(41)21-5-3-20(4-6-21)22-15-23-16-25(42-28(23)26(17-22)43-31(34,35)36)9-8-24(40)7-1-19-2-10-27(37)38-18-19/h1-7,10,15-18H,8-9,11-14H2,(H2,37,38)/b7-1+. The maximum atomic E-state index is 13.5. The Morgan fingerprint density at radius 3 is 2.40 bits per heavy atom. The van der Waals surface area contributed by atoms with Crippen LogP contribution in [0.5, 0.6) is 5.75 Å². The number of hydrogen-bond donors (Lipinski definition) is 1. The van der Waals surface area contributed by atoms with Crippen molar-refractivity contribution in [3.8, 4) is 16.9 Å². The van der Waals surface area contributed by atoms with Crippen molar-refractivity contribution in [1.29, 1.82) is 0 Å². The fourth-order valence-electron chi connectivity index (χ4n) is 4.72. The van der Waals surface area contributed by atoms with E-state index in [0.717, 1.165) is 0 Å². The van der Waals surface area contributed by atoms with E-state index >= 15 is 0 Å². The van der Waals surface area contributed by atoms with Gasteiger partial charge >= 0.3 is 6.36 Å². The van der Waals surface area contributed by atoms with Gasteiger partial charge in [-0.1, -0.05) is 12.1 Å². The number of piperidine rings is 1. The monoisotopic (exact) mass is 599 g/mol. The van der Waals surface area contributed by atoms with Crippen LogP contribution in [-0.4, -0.2) is 46.9 Å². The molecule has 12 heteroatoms. The van der Waals surface area contributed by atoms with Gasteiger partial charge in [-0.25, -0.2) is 13.8 Å². The lowest BCUT2D eigenvalue weighted by Crippen LogP contribution is -2.42. The van der Waals surface area contributed by atoms with Crippen molar-refractivity contribution in [3.63, 3.8) is 0 Å².